The average molecular weight is 190 g/mol. The van der Waals surface area contributed by atoms with E-state index < -0.39 is 0 Å². The summed E-state index contributed by atoms with van der Waals surface area (Å²) in [6.45, 7) is 2.90. The predicted octanol–water partition coefficient (Wildman–Crippen LogP) is 2.08. The van der Waals surface area contributed by atoms with Gasteiger partial charge in [-0.25, -0.2) is 0 Å². The number of benzene rings is 1. The molecule has 0 saturated carbocycles. The van der Waals surface area contributed by atoms with E-state index in [0.29, 0.717) is 0 Å². The molecule has 1 rings (SSSR count). The van der Waals surface area contributed by atoms with Crippen LogP contribution in [-0.2, 0) is 0 Å². The van der Waals surface area contributed by atoms with Crippen LogP contribution in [0.25, 0.3) is 0 Å². The average Bonchev–Trinajstić information content (AvgIpc) is 2.25. The predicted molar refractivity (Wildman–Crippen MR) is 59.5 cm³/mol. The summed E-state index contributed by atoms with van der Waals surface area (Å²) < 4.78 is 0. The van der Waals surface area contributed by atoms with Crippen LogP contribution in [0.1, 0.15) is 18.9 Å². The van der Waals surface area contributed by atoms with Gasteiger partial charge in [0.2, 0.25) is 0 Å². The van der Waals surface area contributed by atoms with Crippen molar-refractivity contribution in [3.8, 4) is 0 Å². The van der Waals surface area contributed by atoms with Crippen molar-refractivity contribution in [2.75, 3.05) is 13.2 Å². The smallest absolute Gasteiger partial charge is 0.0463 e. The second kappa shape index (κ2) is 6.33. The van der Waals surface area contributed by atoms with Gasteiger partial charge in [-0.1, -0.05) is 30.3 Å². The van der Waals surface area contributed by atoms with Crippen molar-refractivity contribution >= 4 is 5.71 Å². The Balaban J connectivity index is 2.44. The summed E-state index contributed by atoms with van der Waals surface area (Å²) >= 11 is 0. The van der Waals surface area contributed by atoms with Gasteiger partial charge < -0.3 is 5.11 Å². The fraction of sp³-hybridized carbons (Fsp3) is 0.333. The lowest BCUT2D eigenvalue weighted by Crippen LogP contribution is -1.96. The Morgan fingerprint density at radius 3 is 2.71 bits per heavy atom. The first-order valence-corrected chi connectivity index (χ1v) is 4.83. The number of unbranched alkanes of at least 4 members (excludes halogenated alkanes) is 1. The molecule has 0 saturated heterocycles. The van der Waals surface area contributed by atoms with Crippen LogP contribution >= 0.6 is 0 Å². The third-order valence-electron chi connectivity index (χ3n) is 2.00. The van der Waals surface area contributed by atoms with Gasteiger partial charge in [0.05, 0.1) is 0 Å². The highest BCUT2D eigenvalue weighted by Gasteiger charge is 1.94. The van der Waals surface area contributed by atoms with Gasteiger partial charge in [0.15, 0.2) is 0 Å². The van der Waals surface area contributed by atoms with Gasteiger partial charge >= 0.3 is 0 Å². The highest BCUT2D eigenvalue weighted by molar-refractivity contribution is 5.98. The lowest BCUT2D eigenvalue weighted by molar-refractivity contribution is 0.324. The van der Waals surface area contributed by atoms with Crippen molar-refractivity contribution in [3.05, 3.63) is 42.3 Å². The minimum absolute atomic E-state index is 0.139. The van der Waals surface area contributed by atoms with E-state index in [1.807, 2.05) is 31.5 Å². The molecule has 0 spiro atoms. The Hall–Kier alpha value is -1.15. The van der Waals surface area contributed by atoms with Gasteiger partial charge in [0.25, 0.3) is 0 Å². The number of aliphatic hydroxyl groups excluding tert-OH is 1. The molecule has 75 valence electrons. The summed E-state index contributed by atoms with van der Waals surface area (Å²) in [5, 5.41) is 8.54. The summed E-state index contributed by atoms with van der Waals surface area (Å²) in [5.74, 6) is 0. The molecule has 0 unspecified atom stereocenters. The summed E-state index contributed by atoms with van der Waals surface area (Å²) in [4.78, 5) is 4.41. The monoisotopic (exact) mass is 190 g/mol. The Morgan fingerprint density at radius 2 is 2.07 bits per heavy atom. The van der Waals surface area contributed by atoms with Gasteiger partial charge in [-0.05, 0) is 25.3 Å². The molecule has 1 aromatic carbocycles. The molecule has 0 aliphatic rings. The fourth-order valence-electron chi connectivity index (χ4n) is 1.19. The summed E-state index contributed by atoms with van der Waals surface area (Å²) in [7, 11) is 0. The topological polar surface area (TPSA) is 32.6 Å². The molecule has 0 aromatic heterocycles. The minimum Gasteiger partial charge on any atom is -0.396 e. The van der Waals surface area contributed by atoms with E-state index in [1.54, 1.807) is 0 Å². The van der Waals surface area contributed by atoms with Gasteiger partial charge in [0, 0.05) is 18.9 Å². The van der Waals surface area contributed by atoms with Crippen molar-refractivity contribution in [1.29, 1.82) is 0 Å². The molecule has 1 N–H and O–H groups in total. The molecule has 0 bridgehead atoms. The maximum Gasteiger partial charge on any atom is 0.0463 e. The first-order chi connectivity index (χ1) is 6.84. The molecule has 0 atom stereocenters. The van der Waals surface area contributed by atoms with E-state index in [0.717, 1.165) is 24.2 Å². The molecule has 0 aliphatic heterocycles. The van der Waals surface area contributed by atoms with Crippen molar-refractivity contribution < 1.29 is 5.11 Å². The number of aliphatic hydroxyl groups is 1. The second-order valence-electron chi connectivity index (χ2n) is 3.09. The van der Waals surface area contributed by atoms with E-state index in [9.17, 15) is 0 Å². The van der Waals surface area contributed by atoms with E-state index in [4.69, 9.17) is 5.11 Å². The zero-order valence-corrected chi connectivity index (χ0v) is 8.48. The molecular weight excluding hydrogens is 174 g/mol. The van der Waals surface area contributed by atoms with Crippen LogP contribution in [0.5, 0.6) is 0 Å². The quantitative estimate of drug-likeness (QED) is 0.559. The molecule has 2 nitrogen and oxygen atoms in total. The standard InChI is InChI=1S/C12H16NO/c1-11(13-9-5-6-10-14)12-7-3-2-4-8-12/h2-4,6-8,14H,5,9-10H2,1H3. The lowest BCUT2D eigenvalue weighted by Gasteiger charge is -2.00. The molecule has 14 heavy (non-hydrogen) atoms. The molecule has 0 aliphatic carbocycles. The number of rotatable bonds is 5. The van der Waals surface area contributed by atoms with E-state index >= 15 is 0 Å². The van der Waals surface area contributed by atoms with E-state index in [1.165, 1.54) is 0 Å². The highest BCUT2D eigenvalue weighted by atomic mass is 16.2. The van der Waals surface area contributed by atoms with Crippen molar-refractivity contribution in [2.45, 2.75) is 13.3 Å². The first-order valence-electron chi connectivity index (χ1n) is 4.83. The molecule has 0 fully saturated rings. The third-order valence-corrected chi connectivity index (χ3v) is 2.00. The van der Waals surface area contributed by atoms with Gasteiger partial charge in [-0.2, -0.15) is 0 Å². The number of hydrogen-bond donors (Lipinski definition) is 1. The summed E-state index contributed by atoms with van der Waals surface area (Å²) in [6, 6.07) is 10.1. The van der Waals surface area contributed by atoms with Crippen molar-refractivity contribution in [2.24, 2.45) is 4.99 Å². The molecule has 0 amide bonds. The van der Waals surface area contributed by atoms with Gasteiger partial charge in [0.1, 0.15) is 0 Å². The highest BCUT2D eigenvalue weighted by Crippen LogP contribution is 2.01. The van der Waals surface area contributed by atoms with Gasteiger partial charge in [-0.15, -0.1) is 0 Å². The zero-order valence-electron chi connectivity index (χ0n) is 8.48. The Labute approximate surface area is 85.3 Å². The SMILES string of the molecule is CC(=NCC[CH]CO)c1ccccc1. The normalized spacial score (nSPS) is 11.7. The number of aliphatic imine (C=N–C) groups is 1. The molecule has 1 radical (unpaired) electrons. The molecule has 2 heteroatoms. The maximum atomic E-state index is 8.54. The molecule has 1 aromatic rings. The summed E-state index contributed by atoms with van der Waals surface area (Å²) in [6.07, 6.45) is 2.66. The van der Waals surface area contributed by atoms with E-state index in [2.05, 4.69) is 17.1 Å². The van der Waals surface area contributed by atoms with Crippen molar-refractivity contribution in [3.63, 3.8) is 0 Å². The van der Waals surface area contributed by atoms with Crippen molar-refractivity contribution in [1.82, 2.24) is 0 Å². The van der Waals surface area contributed by atoms with Crippen LogP contribution in [-0.4, -0.2) is 24.0 Å². The first kappa shape index (κ1) is 10.9. The largest absolute Gasteiger partial charge is 0.396 e. The van der Waals surface area contributed by atoms with Crippen LogP contribution in [0, 0.1) is 6.42 Å². The third kappa shape index (κ3) is 3.71. The maximum absolute atomic E-state index is 8.54. The summed E-state index contributed by atoms with van der Waals surface area (Å²) in [5.41, 5.74) is 2.22. The number of nitrogens with zero attached hydrogens (tertiary/aromatic N) is 1. The molecule has 0 heterocycles. The minimum atomic E-state index is 0.139. The van der Waals surface area contributed by atoms with Crippen LogP contribution in [0.2, 0.25) is 0 Å². The Morgan fingerprint density at radius 1 is 1.36 bits per heavy atom. The Kier molecular flexibility index (Phi) is 4.94. The number of hydrogen-bond acceptors (Lipinski definition) is 2. The fourth-order valence-corrected chi connectivity index (χ4v) is 1.19. The van der Waals surface area contributed by atoms with E-state index in [-0.39, 0.29) is 6.61 Å². The van der Waals surface area contributed by atoms with Crippen LogP contribution in [0.4, 0.5) is 0 Å². The van der Waals surface area contributed by atoms with Crippen LogP contribution in [0.3, 0.4) is 0 Å². The molecular formula is C12H16NO. The lowest BCUT2D eigenvalue weighted by atomic mass is 10.1. The van der Waals surface area contributed by atoms with Crippen LogP contribution in [0.15, 0.2) is 35.3 Å². The zero-order chi connectivity index (χ0) is 10.2. The van der Waals surface area contributed by atoms with Crippen LogP contribution < -0.4 is 0 Å². The second-order valence-corrected chi connectivity index (χ2v) is 3.09. The Bertz CT molecular complexity index is 280. The van der Waals surface area contributed by atoms with Gasteiger partial charge in [-0.3, -0.25) is 4.99 Å².